The fourth-order valence-electron chi connectivity index (χ4n) is 7.42. The van der Waals surface area contributed by atoms with Crippen LogP contribution in [0.15, 0.2) is 60.7 Å². The Bertz CT molecular complexity index is 1800. The first-order chi connectivity index (χ1) is 22.7. The van der Waals surface area contributed by atoms with Crippen LogP contribution in [0.2, 0.25) is 0 Å². The smallest absolute Gasteiger partial charge is 0.204 e. The normalized spacial score (nSPS) is 21.8. The van der Waals surface area contributed by atoms with Crippen molar-refractivity contribution >= 4 is 0 Å². The molecular formula is C38H42N2O7. The number of benzene rings is 4. The van der Waals surface area contributed by atoms with Crippen LogP contribution in [-0.4, -0.2) is 65.2 Å². The van der Waals surface area contributed by atoms with E-state index >= 15 is 0 Å². The van der Waals surface area contributed by atoms with Crippen molar-refractivity contribution in [1.29, 1.82) is 0 Å². The van der Waals surface area contributed by atoms with Gasteiger partial charge < -0.3 is 38.3 Å². The first-order valence-corrected chi connectivity index (χ1v) is 16.1. The summed E-state index contributed by atoms with van der Waals surface area (Å²) in [5.74, 6) is 4.85. The molecule has 0 saturated heterocycles. The quantitative estimate of drug-likeness (QED) is 0.172. The summed E-state index contributed by atoms with van der Waals surface area (Å²) in [5.41, 5.74) is 6.37. The van der Waals surface area contributed by atoms with Gasteiger partial charge in [0.25, 0.3) is 0 Å². The fraction of sp³-hybridized carbons (Fsp3) is 0.368. The van der Waals surface area contributed by atoms with Gasteiger partial charge in [0.2, 0.25) is 5.75 Å². The maximum absolute atomic E-state index is 14.1. The van der Waals surface area contributed by atoms with Gasteiger partial charge >= 0.3 is 0 Å². The highest BCUT2D eigenvalue weighted by atomic mass is 16.6. The van der Waals surface area contributed by atoms with Crippen LogP contribution in [0.1, 0.15) is 45.5 Å². The van der Waals surface area contributed by atoms with Crippen molar-refractivity contribution in [2.75, 3.05) is 55.6 Å². The van der Waals surface area contributed by atoms with Crippen LogP contribution in [0.25, 0.3) is 0 Å². The second-order valence-corrected chi connectivity index (χ2v) is 12.9. The van der Waals surface area contributed by atoms with E-state index in [2.05, 4.69) is 30.1 Å². The molecule has 0 aliphatic carbocycles. The first-order valence-electron chi connectivity index (χ1n) is 16.1. The zero-order valence-electron chi connectivity index (χ0n) is 27.9. The van der Waals surface area contributed by atoms with Gasteiger partial charge in [0.15, 0.2) is 34.5 Å². The Morgan fingerprint density at radius 2 is 1.45 bits per heavy atom. The number of hydrogen-bond donors (Lipinski definition) is 0. The molecule has 4 aromatic carbocycles. The largest absolute Gasteiger partial charge is 0.633 e. The molecule has 0 amide bonds. The summed E-state index contributed by atoms with van der Waals surface area (Å²) in [6, 6.07) is 19.8. The molecule has 0 radical (unpaired) electrons. The maximum atomic E-state index is 14.1. The van der Waals surface area contributed by atoms with Crippen molar-refractivity contribution < 1.29 is 33.1 Å². The Morgan fingerprint density at radius 3 is 2.17 bits per heavy atom. The molecule has 3 atom stereocenters. The van der Waals surface area contributed by atoms with Gasteiger partial charge in [-0.25, -0.2) is 0 Å². The Kier molecular flexibility index (Phi) is 8.16. The van der Waals surface area contributed by atoms with E-state index in [1.807, 2.05) is 42.5 Å². The number of hydrogen-bond acceptors (Lipinski definition) is 8. The van der Waals surface area contributed by atoms with E-state index < -0.39 is 0 Å². The van der Waals surface area contributed by atoms with Crippen LogP contribution in [-0.2, 0) is 25.7 Å². The molecule has 246 valence electrons. The van der Waals surface area contributed by atoms with Crippen LogP contribution in [0.5, 0.6) is 46.0 Å². The molecule has 0 spiro atoms. The van der Waals surface area contributed by atoms with Crippen molar-refractivity contribution in [3.63, 3.8) is 0 Å². The summed E-state index contributed by atoms with van der Waals surface area (Å²) < 4.78 is 36.5. The Labute approximate surface area is 276 Å². The summed E-state index contributed by atoms with van der Waals surface area (Å²) in [6.45, 7) is 1.34. The maximum Gasteiger partial charge on any atom is 0.204 e. The first kappa shape index (κ1) is 31.2. The van der Waals surface area contributed by atoms with E-state index in [9.17, 15) is 5.21 Å². The summed E-state index contributed by atoms with van der Waals surface area (Å²) in [7, 11) is 10.5. The van der Waals surface area contributed by atoms with Crippen LogP contribution in [0.4, 0.5) is 0 Å². The summed E-state index contributed by atoms with van der Waals surface area (Å²) >= 11 is 0. The molecule has 0 aromatic heterocycles. The Hall–Kier alpha value is -4.44. The fourth-order valence-corrected chi connectivity index (χ4v) is 7.42. The minimum absolute atomic E-state index is 0.0501. The average molecular weight is 639 g/mol. The van der Waals surface area contributed by atoms with Crippen molar-refractivity contribution in [1.82, 2.24) is 4.90 Å². The molecule has 4 heterocycles. The highest BCUT2D eigenvalue weighted by Crippen LogP contribution is 2.52. The van der Waals surface area contributed by atoms with Crippen LogP contribution >= 0.6 is 0 Å². The molecule has 0 saturated carbocycles. The second-order valence-electron chi connectivity index (χ2n) is 12.9. The van der Waals surface area contributed by atoms with Crippen molar-refractivity contribution in [3.8, 4) is 46.0 Å². The predicted molar refractivity (Wildman–Crippen MR) is 179 cm³/mol. The number of likely N-dealkylation sites (N-methyl/N-ethyl adjacent to an activating group) is 2. The topological polar surface area (TPSA) is 81.7 Å². The summed E-state index contributed by atoms with van der Waals surface area (Å²) in [4.78, 5) is 2.35. The molecular weight excluding hydrogens is 596 g/mol. The van der Waals surface area contributed by atoms with Gasteiger partial charge in [0.05, 0.1) is 42.0 Å². The molecule has 0 N–H and O–H groups in total. The van der Waals surface area contributed by atoms with Crippen molar-refractivity contribution in [3.05, 3.63) is 99.3 Å². The number of methoxy groups -OCH3 is 4. The van der Waals surface area contributed by atoms with Gasteiger partial charge in [-0.2, -0.15) is 0 Å². The molecule has 0 fully saturated rings. The molecule has 8 rings (SSSR count). The molecule has 0 unspecified atom stereocenters. The van der Waals surface area contributed by atoms with Crippen LogP contribution in [0, 0.1) is 5.21 Å². The average Bonchev–Trinajstić information content (AvgIpc) is 3.07. The molecule has 9 nitrogen and oxygen atoms in total. The number of rotatable bonds is 4. The lowest BCUT2D eigenvalue weighted by Gasteiger charge is -2.49. The molecule has 4 aliphatic rings. The summed E-state index contributed by atoms with van der Waals surface area (Å²) in [6.07, 6.45) is 2.72. The van der Waals surface area contributed by atoms with Crippen LogP contribution < -0.4 is 28.4 Å². The van der Waals surface area contributed by atoms with Gasteiger partial charge in [-0.05, 0) is 84.6 Å². The van der Waals surface area contributed by atoms with E-state index in [1.165, 1.54) is 0 Å². The van der Waals surface area contributed by atoms with E-state index in [0.29, 0.717) is 71.8 Å². The lowest BCUT2D eigenvalue weighted by Crippen LogP contribution is -2.47. The van der Waals surface area contributed by atoms with Gasteiger partial charge in [-0.3, -0.25) is 4.90 Å². The SMILES string of the molecule is COc1ccc2cc1Oc1ccc(cc1)C[C@H]1c3cc(c(OC)cc3CC[N@@+]1(C)[O-])Oc1c(OC)c(OC)cc3c1[C@H](C2)N(C)CC3. The van der Waals surface area contributed by atoms with Gasteiger partial charge in [-0.1, -0.05) is 18.2 Å². The Balaban J connectivity index is 1.48. The number of ether oxygens (including phenoxy) is 6. The van der Waals surface area contributed by atoms with E-state index in [1.54, 1.807) is 35.5 Å². The van der Waals surface area contributed by atoms with Crippen molar-refractivity contribution in [2.45, 2.75) is 37.8 Å². The minimum Gasteiger partial charge on any atom is -0.633 e. The third-order valence-electron chi connectivity index (χ3n) is 10.1. The van der Waals surface area contributed by atoms with Gasteiger partial charge in [-0.15, -0.1) is 0 Å². The second kappa shape index (κ2) is 12.3. The molecule has 6 bridgehead atoms. The van der Waals surface area contributed by atoms with Crippen LogP contribution in [0.3, 0.4) is 0 Å². The standard InChI is InChI=1S/C38H42N2O7/c1-39-15-13-26-21-35(44-5)37(45-6)38-36(26)29(39)17-24-9-12-31(42-3)33(19-24)46-27-10-7-23(8-11-27)18-30-28-22-34(47-38)32(43-4)20-25(28)14-16-40(30,2)41/h7-12,19-22,29-30H,13-18H2,1-6H3/t29-,30-,40+/m0/s1. The molecule has 4 aromatic rings. The summed E-state index contributed by atoms with van der Waals surface area (Å²) in [5, 5.41) is 14.1. The lowest BCUT2D eigenvalue weighted by atomic mass is 9.87. The molecule has 47 heavy (non-hydrogen) atoms. The zero-order chi connectivity index (χ0) is 32.9. The van der Waals surface area contributed by atoms with E-state index in [0.717, 1.165) is 46.3 Å². The monoisotopic (exact) mass is 638 g/mol. The minimum atomic E-state index is -0.383. The third kappa shape index (κ3) is 5.62. The Morgan fingerprint density at radius 1 is 0.745 bits per heavy atom. The lowest BCUT2D eigenvalue weighted by molar-refractivity contribution is -0.894. The third-order valence-corrected chi connectivity index (χ3v) is 10.1. The zero-order valence-corrected chi connectivity index (χ0v) is 27.9. The highest BCUT2D eigenvalue weighted by molar-refractivity contribution is 5.63. The molecule has 4 aliphatic heterocycles. The number of hydroxylamine groups is 3. The number of nitrogens with zero attached hydrogens (tertiary/aromatic N) is 2. The van der Waals surface area contributed by atoms with Gasteiger partial charge in [0, 0.05) is 36.6 Å². The van der Waals surface area contributed by atoms with E-state index in [-0.39, 0.29) is 16.7 Å². The van der Waals surface area contributed by atoms with E-state index in [4.69, 9.17) is 28.4 Å². The number of fused-ring (bicyclic) bond motifs is 2. The van der Waals surface area contributed by atoms with Gasteiger partial charge in [0.1, 0.15) is 11.8 Å². The van der Waals surface area contributed by atoms with Crippen molar-refractivity contribution in [2.24, 2.45) is 0 Å². The highest BCUT2D eigenvalue weighted by Gasteiger charge is 2.37. The number of quaternary nitrogens is 1. The predicted octanol–water partition coefficient (Wildman–Crippen LogP) is 7.18. The molecule has 9 heteroatoms.